The highest BCUT2D eigenvalue weighted by Gasteiger charge is 2.28. The van der Waals surface area contributed by atoms with Crippen molar-refractivity contribution in [1.82, 2.24) is 4.90 Å². The Hall–Kier alpha value is -1.83. The molecule has 1 saturated carbocycles. The highest BCUT2D eigenvalue weighted by Crippen LogP contribution is 2.34. The first kappa shape index (κ1) is 26.4. The van der Waals surface area contributed by atoms with Gasteiger partial charge in [-0.3, -0.25) is 9.69 Å². The maximum absolute atomic E-state index is 12.6. The lowest BCUT2D eigenvalue weighted by molar-refractivity contribution is -0.145. The van der Waals surface area contributed by atoms with Crippen molar-refractivity contribution >= 4 is 41.1 Å². The SMILES string of the molecule is COc1ccc2cc([C@H](C)C(=O)OCCN(C)C(SN=O)C3CCCCC3)ccc2c1.Cl. The zero-order valence-electron chi connectivity index (χ0n) is 19.0. The maximum Gasteiger partial charge on any atom is 0.313 e. The van der Waals surface area contributed by atoms with Gasteiger partial charge in [-0.05, 0) is 61.2 Å². The Morgan fingerprint density at radius 2 is 1.84 bits per heavy atom. The van der Waals surface area contributed by atoms with Crippen molar-refractivity contribution in [2.24, 2.45) is 10.5 Å². The van der Waals surface area contributed by atoms with E-state index < -0.39 is 0 Å². The monoisotopic (exact) mass is 480 g/mol. The summed E-state index contributed by atoms with van der Waals surface area (Å²) in [5, 5.41) is 2.18. The lowest BCUT2D eigenvalue weighted by Crippen LogP contribution is -2.38. The van der Waals surface area contributed by atoms with Gasteiger partial charge in [-0.1, -0.05) is 43.5 Å². The predicted octanol–water partition coefficient (Wildman–Crippen LogP) is 6.17. The summed E-state index contributed by atoms with van der Waals surface area (Å²) < 4.78 is 13.9. The number of nitrogens with zero attached hydrogens (tertiary/aromatic N) is 2. The Balaban J connectivity index is 0.00000363. The number of methoxy groups -OCH3 is 1. The molecule has 1 aliphatic rings. The molecule has 0 bridgehead atoms. The highest BCUT2D eigenvalue weighted by atomic mass is 35.5. The van der Waals surface area contributed by atoms with Crippen LogP contribution < -0.4 is 4.74 Å². The van der Waals surface area contributed by atoms with Crippen molar-refractivity contribution in [3.63, 3.8) is 0 Å². The van der Waals surface area contributed by atoms with Gasteiger partial charge in [-0.25, -0.2) is 0 Å². The van der Waals surface area contributed by atoms with Gasteiger partial charge in [-0.15, -0.1) is 17.3 Å². The third-order valence-electron chi connectivity index (χ3n) is 6.25. The molecule has 0 aliphatic heterocycles. The highest BCUT2D eigenvalue weighted by molar-refractivity contribution is 7.98. The quantitative estimate of drug-likeness (QED) is 0.175. The van der Waals surface area contributed by atoms with Crippen LogP contribution in [0.5, 0.6) is 5.75 Å². The number of carbonyl (C=O) groups excluding carboxylic acids is 1. The number of rotatable bonds is 10. The second-order valence-corrected chi connectivity index (χ2v) is 9.15. The van der Waals surface area contributed by atoms with E-state index in [1.165, 1.54) is 19.3 Å². The number of hydrogen-bond acceptors (Lipinski definition) is 7. The molecule has 0 heterocycles. The molecule has 8 heteroatoms. The smallest absolute Gasteiger partial charge is 0.313 e. The van der Waals surface area contributed by atoms with Gasteiger partial charge in [0.05, 0.1) is 18.4 Å². The third kappa shape index (κ3) is 6.83. The zero-order chi connectivity index (χ0) is 22.2. The molecular formula is C24H33ClN2O4S. The molecule has 0 saturated heterocycles. The van der Waals surface area contributed by atoms with Crippen LogP contribution in [0.15, 0.2) is 41.0 Å². The van der Waals surface area contributed by atoms with Crippen molar-refractivity contribution in [1.29, 1.82) is 0 Å². The standard InChI is InChI=1S/C24H32N2O4S.ClH/c1-17(19-9-10-21-16-22(29-3)12-11-20(21)15-19)24(27)30-14-13-26(2)23(31-25-28)18-7-5-4-6-8-18;/h9-12,15-18,23H,4-8,13-14H2,1-3H3;1H/t17-,23?;/m0./s1. The van der Waals surface area contributed by atoms with Crippen molar-refractivity contribution in [2.45, 2.75) is 50.3 Å². The van der Waals surface area contributed by atoms with Crippen molar-refractivity contribution in [3.8, 4) is 5.75 Å². The first-order valence-electron chi connectivity index (χ1n) is 11.0. The van der Waals surface area contributed by atoms with Crippen molar-refractivity contribution < 1.29 is 14.3 Å². The number of fused-ring (bicyclic) bond motifs is 1. The average molecular weight is 481 g/mol. The Kier molecular flexibility index (Phi) is 10.7. The van der Waals surface area contributed by atoms with E-state index in [2.05, 4.69) is 9.48 Å². The van der Waals surface area contributed by atoms with Crippen LogP contribution in [0.3, 0.4) is 0 Å². The Bertz CT molecular complexity index is 891. The number of carbonyl (C=O) groups is 1. The number of benzene rings is 2. The van der Waals surface area contributed by atoms with E-state index in [9.17, 15) is 9.70 Å². The van der Waals surface area contributed by atoms with Crippen LogP contribution in [-0.2, 0) is 9.53 Å². The van der Waals surface area contributed by atoms with Crippen LogP contribution in [0.1, 0.15) is 50.5 Å². The molecule has 2 atom stereocenters. The minimum Gasteiger partial charge on any atom is -0.497 e. The summed E-state index contributed by atoms with van der Waals surface area (Å²) in [5.74, 6) is 0.687. The second-order valence-electron chi connectivity index (χ2n) is 8.31. The number of halogens is 1. The first-order valence-corrected chi connectivity index (χ1v) is 11.8. The largest absolute Gasteiger partial charge is 0.497 e. The summed E-state index contributed by atoms with van der Waals surface area (Å²) in [6, 6.07) is 11.9. The third-order valence-corrected chi connectivity index (χ3v) is 7.30. The van der Waals surface area contributed by atoms with E-state index in [0.29, 0.717) is 19.1 Å². The summed E-state index contributed by atoms with van der Waals surface area (Å²) in [4.78, 5) is 25.6. The second kappa shape index (κ2) is 13.0. The lowest BCUT2D eigenvalue weighted by atomic mass is 9.88. The molecule has 6 nitrogen and oxygen atoms in total. The van der Waals surface area contributed by atoms with E-state index in [0.717, 1.165) is 46.9 Å². The minimum atomic E-state index is -0.350. The molecule has 0 N–H and O–H groups in total. The van der Waals surface area contributed by atoms with Crippen LogP contribution in [0, 0.1) is 10.8 Å². The molecular weight excluding hydrogens is 448 g/mol. The number of esters is 1. The fraction of sp³-hybridized carbons (Fsp3) is 0.542. The summed E-state index contributed by atoms with van der Waals surface area (Å²) in [5.41, 5.74) is 0.928. The van der Waals surface area contributed by atoms with Crippen molar-refractivity contribution in [3.05, 3.63) is 46.9 Å². The van der Waals surface area contributed by atoms with Gasteiger partial charge in [0.25, 0.3) is 0 Å². The normalized spacial score (nSPS) is 16.2. The summed E-state index contributed by atoms with van der Waals surface area (Å²) in [7, 11) is 3.63. The van der Waals surface area contributed by atoms with Gasteiger partial charge in [-0.2, -0.15) is 0 Å². The van der Waals surface area contributed by atoms with Gasteiger partial charge in [0, 0.05) is 23.1 Å². The molecule has 2 aromatic carbocycles. The number of nitroso groups, excluding NO2 is 1. The maximum atomic E-state index is 12.6. The van der Waals surface area contributed by atoms with Gasteiger partial charge >= 0.3 is 5.97 Å². The molecule has 1 unspecified atom stereocenters. The number of ether oxygens (including phenoxy) is 2. The van der Waals surface area contributed by atoms with Crippen LogP contribution in [0.4, 0.5) is 0 Å². The molecule has 0 amide bonds. The van der Waals surface area contributed by atoms with Crippen LogP contribution in [-0.4, -0.2) is 43.6 Å². The molecule has 1 fully saturated rings. The van der Waals surface area contributed by atoms with Crippen molar-refractivity contribution in [2.75, 3.05) is 27.3 Å². The zero-order valence-corrected chi connectivity index (χ0v) is 20.6. The fourth-order valence-electron chi connectivity index (χ4n) is 4.31. The van der Waals surface area contributed by atoms with E-state index in [-0.39, 0.29) is 29.7 Å². The molecule has 3 rings (SSSR count). The lowest BCUT2D eigenvalue weighted by Gasteiger charge is -2.34. The molecule has 0 radical (unpaired) electrons. The van der Waals surface area contributed by atoms with Crippen LogP contribution in [0.25, 0.3) is 10.8 Å². The molecule has 0 spiro atoms. The Labute approximate surface area is 200 Å². The summed E-state index contributed by atoms with van der Waals surface area (Å²) in [6.07, 6.45) is 5.94. The topological polar surface area (TPSA) is 68.2 Å². The van der Waals surface area contributed by atoms with Gasteiger partial charge in [0.2, 0.25) is 0 Å². The number of hydrogen-bond donors (Lipinski definition) is 0. The van der Waals surface area contributed by atoms with Gasteiger partial charge < -0.3 is 9.47 Å². The predicted molar refractivity (Wildman–Crippen MR) is 134 cm³/mol. The van der Waals surface area contributed by atoms with Crippen LogP contribution in [0.2, 0.25) is 0 Å². The Morgan fingerprint density at radius 1 is 1.16 bits per heavy atom. The molecule has 2 aromatic rings. The average Bonchev–Trinajstić information content (AvgIpc) is 2.81. The Morgan fingerprint density at radius 3 is 2.53 bits per heavy atom. The van der Waals surface area contributed by atoms with Gasteiger partial charge in [0.15, 0.2) is 0 Å². The van der Waals surface area contributed by atoms with E-state index >= 15 is 0 Å². The first-order chi connectivity index (χ1) is 15.0. The van der Waals surface area contributed by atoms with E-state index in [1.54, 1.807) is 7.11 Å². The molecule has 176 valence electrons. The fourth-order valence-corrected chi connectivity index (χ4v) is 5.11. The van der Waals surface area contributed by atoms with E-state index in [1.807, 2.05) is 50.4 Å². The summed E-state index contributed by atoms with van der Waals surface area (Å²) in [6.45, 7) is 2.75. The molecule has 1 aliphatic carbocycles. The van der Waals surface area contributed by atoms with Gasteiger partial charge in [0.1, 0.15) is 12.4 Å². The van der Waals surface area contributed by atoms with Crippen LogP contribution >= 0.6 is 24.4 Å². The summed E-state index contributed by atoms with van der Waals surface area (Å²) >= 11 is 1.10. The van der Waals surface area contributed by atoms with E-state index in [4.69, 9.17) is 9.47 Å². The molecule has 32 heavy (non-hydrogen) atoms. The molecule has 0 aromatic heterocycles. The number of likely N-dealkylation sites (N-methyl/N-ethyl adjacent to an activating group) is 1. The minimum absolute atomic E-state index is 0.